The van der Waals surface area contributed by atoms with Crippen molar-refractivity contribution in [3.63, 3.8) is 0 Å². The number of allylic oxidation sites excluding steroid dienone is 6. The molecule has 4 aliphatic rings. The van der Waals surface area contributed by atoms with Crippen molar-refractivity contribution in [2.24, 2.45) is 17.8 Å². The van der Waals surface area contributed by atoms with Crippen LogP contribution in [-0.4, -0.2) is 38.9 Å². The van der Waals surface area contributed by atoms with Gasteiger partial charge >= 0.3 is 0 Å². The fourth-order valence-corrected chi connectivity index (χ4v) is 6.40. The average molecular weight is 510 g/mol. The lowest BCUT2D eigenvalue weighted by Gasteiger charge is -2.42. The van der Waals surface area contributed by atoms with Gasteiger partial charge in [0.1, 0.15) is 5.75 Å². The summed E-state index contributed by atoms with van der Waals surface area (Å²) in [5.74, 6) is -2.80. The van der Waals surface area contributed by atoms with Crippen LogP contribution >= 0.6 is 15.9 Å². The number of phenolic OH excluding ortho intramolecular Hbond substituents is 1. The zero-order valence-corrected chi connectivity index (χ0v) is 20.2. The van der Waals surface area contributed by atoms with E-state index >= 15 is 0 Å². The molecule has 170 valence electrons. The molecule has 6 nitrogen and oxygen atoms in total. The minimum Gasteiger partial charge on any atom is -0.508 e. The van der Waals surface area contributed by atoms with Gasteiger partial charge in [0.25, 0.3) is 0 Å². The number of phenols is 1. The molecule has 1 fully saturated rings. The Hall–Kier alpha value is -2.80. The Bertz CT molecular complexity index is 1230. The van der Waals surface area contributed by atoms with E-state index in [-0.39, 0.29) is 46.0 Å². The highest BCUT2D eigenvalue weighted by molar-refractivity contribution is 9.12. The summed E-state index contributed by atoms with van der Waals surface area (Å²) in [6, 6.07) is 6.67. The summed E-state index contributed by atoms with van der Waals surface area (Å²) in [6.07, 6.45) is 3.93. The van der Waals surface area contributed by atoms with E-state index in [9.17, 15) is 24.3 Å². The van der Waals surface area contributed by atoms with Crippen LogP contribution in [0.15, 0.2) is 57.6 Å². The van der Waals surface area contributed by atoms with Gasteiger partial charge in [0, 0.05) is 28.7 Å². The summed E-state index contributed by atoms with van der Waals surface area (Å²) < 4.78 is 0.200. The molecular formula is C26H24BrNO5. The van der Waals surface area contributed by atoms with Crippen molar-refractivity contribution in [3.8, 4) is 5.75 Å². The number of hydrogen-bond donors (Lipinski definition) is 1. The van der Waals surface area contributed by atoms with Crippen LogP contribution in [0.4, 0.5) is 0 Å². The molecule has 5 rings (SSSR count). The predicted molar refractivity (Wildman–Crippen MR) is 124 cm³/mol. The molecule has 1 aromatic carbocycles. The second-order valence-electron chi connectivity index (χ2n) is 10.2. The Labute approximate surface area is 200 Å². The minimum atomic E-state index is -0.641. The van der Waals surface area contributed by atoms with E-state index in [0.29, 0.717) is 23.1 Å². The summed E-state index contributed by atoms with van der Waals surface area (Å²) in [5, 5.41) is 10.1. The van der Waals surface area contributed by atoms with Gasteiger partial charge in [-0.05, 0) is 73.2 Å². The van der Waals surface area contributed by atoms with Crippen LogP contribution in [0, 0.1) is 17.8 Å². The number of benzene rings is 1. The van der Waals surface area contributed by atoms with Crippen molar-refractivity contribution < 1.29 is 24.3 Å². The molecule has 0 spiro atoms. The Kier molecular flexibility index (Phi) is 4.90. The highest BCUT2D eigenvalue weighted by atomic mass is 79.9. The van der Waals surface area contributed by atoms with E-state index in [2.05, 4.69) is 15.9 Å². The number of amides is 2. The van der Waals surface area contributed by atoms with Crippen LogP contribution in [-0.2, 0) is 19.2 Å². The lowest BCUT2D eigenvalue weighted by Crippen LogP contribution is -2.46. The first kappa shape index (κ1) is 22.0. The second-order valence-corrected chi connectivity index (χ2v) is 11.0. The number of likely N-dealkylation sites (tertiary alicyclic amines) is 1. The van der Waals surface area contributed by atoms with Crippen molar-refractivity contribution in [2.75, 3.05) is 0 Å². The van der Waals surface area contributed by atoms with Gasteiger partial charge in [0.2, 0.25) is 11.8 Å². The number of carbonyl (C=O) groups is 4. The molecule has 4 atom stereocenters. The summed E-state index contributed by atoms with van der Waals surface area (Å²) in [5.41, 5.74) is 1.72. The minimum absolute atomic E-state index is 0.0587. The van der Waals surface area contributed by atoms with Crippen molar-refractivity contribution in [1.82, 2.24) is 4.90 Å². The molecule has 4 unspecified atom stereocenters. The molecule has 1 saturated heterocycles. The summed E-state index contributed by atoms with van der Waals surface area (Å²) >= 11 is 3.22. The molecule has 1 aliphatic heterocycles. The molecule has 1 aromatic rings. The molecule has 2 amide bonds. The van der Waals surface area contributed by atoms with Crippen LogP contribution < -0.4 is 0 Å². The smallest absolute Gasteiger partial charge is 0.234 e. The quantitative estimate of drug-likeness (QED) is 0.351. The lowest BCUT2D eigenvalue weighted by atomic mass is 9.59. The van der Waals surface area contributed by atoms with Crippen molar-refractivity contribution >= 4 is 39.3 Å². The van der Waals surface area contributed by atoms with Gasteiger partial charge in [-0.2, -0.15) is 0 Å². The molecule has 1 N–H and O–H groups in total. The number of fused-ring (bicyclic) bond motifs is 3. The van der Waals surface area contributed by atoms with Gasteiger partial charge in [0.15, 0.2) is 11.6 Å². The van der Waals surface area contributed by atoms with Crippen molar-refractivity contribution in [2.45, 2.75) is 45.1 Å². The number of Topliss-reactive ketones (excluding diaryl/α,β-unsaturated/α-hetero) is 1. The maximum atomic E-state index is 13.6. The van der Waals surface area contributed by atoms with E-state index in [1.807, 2.05) is 32.9 Å². The van der Waals surface area contributed by atoms with Gasteiger partial charge in [-0.3, -0.25) is 24.1 Å². The number of aromatic hydroxyl groups is 1. The molecule has 0 saturated carbocycles. The van der Waals surface area contributed by atoms with E-state index in [1.165, 1.54) is 11.0 Å². The number of hydrogen-bond acceptors (Lipinski definition) is 5. The molecule has 1 heterocycles. The lowest BCUT2D eigenvalue weighted by molar-refractivity contribution is -0.145. The van der Waals surface area contributed by atoms with E-state index in [4.69, 9.17) is 0 Å². The summed E-state index contributed by atoms with van der Waals surface area (Å²) in [7, 11) is 0. The number of rotatable bonds is 1. The number of carbonyl (C=O) groups excluding carboxylic acids is 4. The highest BCUT2D eigenvalue weighted by Gasteiger charge is 2.58. The second kappa shape index (κ2) is 7.35. The zero-order chi connectivity index (χ0) is 23.8. The molecule has 33 heavy (non-hydrogen) atoms. The Balaban J connectivity index is 1.69. The highest BCUT2D eigenvalue weighted by Crippen LogP contribution is 2.55. The number of ketones is 2. The first-order valence-electron chi connectivity index (χ1n) is 11.1. The molecule has 0 bridgehead atoms. The van der Waals surface area contributed by atoms with Gasteiger partial charge in [-0.15, -0.1) is 0 Å². The van der Waals surface area contributed by atoms with Crippen molar-refractivity contribution in [3.05, 3.63) is 63.2 Å². The monoisotopic (exact) mass is 509 g/mol. The van der Waals surface area contributed by atoms with Gasteiger partial charge in [-0.25, -0.2) is 0 Å². The molecule has 7 heteroatoms. The van der Waals surface area contributed by atoms with Gasteiger partial charge in [-0.1, -0.05) is 23.8 Å². The Morgan fingerprint density at radius 1 is 1.06 bits per heavy atom. The third kappa shape index (κ3) is 3.20. The van der Waals surface area contributed by atoms with E-state index in [1.54, 1.807) is 18.2 Å². The molecule has 0 radical (unpaired) electrons. The van der Waals surface area contributed by atoms with Gasteiger partial charge < -0.3 is 5.11 Å². The normalized spacial score (nSPS) is 29.5. The Morgan fingerprint density at radius 2 is 1.79 bits per heavy atom. The van der Waals surface area contributed by atoms with E-state index < -0.39 is 23.3 Å². The van der Waals surface area contributed by atoms with Crippen LogP contribution in [0.25, 0.3) is 0 Å². The number of halogens is 1. The maximum absolute atomic E-state index is 13.6. The topological polar surface area (TPSA) is 91.8 Å². The first-order chi connectivity index (χ1) is 15.5. The summed E-state index contributed by atoms with van der Waals surface area (Å²) in [6.45, 7) is 5.53. The van der Waals surface area contributed by atoms with E-state index in [0.717, 1.165) is 5.57 Å². The van der Waals surface area contributed by atoms with Crippen LogP contribution in [0.1, 0.15) is 45.1 Å². The summed E-state index contributed by atoms with van der Waals surface area (Å²) in [4.78, 5) is 54.4. The van der Waals surface area contributed by atoms with Crippen molar-refractivity contribution in [1.29, 1.82) is 0 Å². The number of nitrogens with zero attached hydrogens (tertiary/aromatic N) is 1. The largest absolute Gasteiger partial charge is 0.508 e. The number of imide groups is 1. The standard InChI is InChI=1S/C26H24BrNO5/c1-26(2,3)28-24(32)15-8-7-14-16(21(15)25(28)33)10-17-22(19(30)11-18(27)23(17)31)20(14)12-5-4-6-13(29)9-12/h4-7,9,11,15-16,20-21,29H,8,10H2,1-3H3. The van der Waals surface area contributed by atoms with Gasteiger partial charge in [0.05, 0.1) is 16.3 Å². The third-order valence-corrected chi connectivity index (χ3v) is 7.79. The third-order valence-electron chi connectivity index (χ3n) is 7.21. The average Bonchev–Trinajstić information content (AvgIpc) is 3.01. The maximum Gasteiger partial charge on any atom is 0.234 e. The molecular weight excluding hydrogens is 486 g/mol. The van der Waals surface area contributed by atoms with Crippen LogP contribution in [0.3, 0.4) is 0 Å². The SMILES string of the molecule is CC(C)(C)N1C(=O)C2CC=C3C(c4cccc(O)c4)C4=C(CC3C2C1=O)C(=O)C(Br)=CC4=O. The Morgan fingerprint density at radius 3 is 2.45 bits per heavy atom. The zero-order valence-electron chi connectivity index (χ0n) is 18.6. The first-order valence-corrected chi connectivity index (χ1v) is 11.9. The molecule has 0 aromatic heterocycles. The fraction of sp³-hybridized carbons (Fsp3) is 0.385. The fourth-order valence-electron chi connectivity index (χ4n) is 5.95. The van der Waals surface area contributed by atoms with Crippen LogP contribution in [0.2, 0.25) is 0 Å². The predicted octanol–water partition coefficient (Wildman–Crippen LogP) is 3.95. The van der Waals surface area contributed by atoms with Crippen LogP contribution in [0.5, 0.6) is 5.75 Å². The molecule has 3 aliphatic carbocycles.